The van der Waals surface area contributed by atoms with Crippen molar-refractivity contribution in [2.75, 3.05) is 19.7 Å². The molecule has 3 heteroatoms. The highest BCUT2D eigenvalue weighted by molar-refractivity contribution is 5.15. The molecule has 0 aromatic carbocycles. The molecule has 0 fully saturated rings. The van der Waals surface area contributed by atoms with Crippen LogP contribution in [0.2, 0.25) is 0 Å². The predicted octanol–water partition coefficient (Wildman–Crippen LogP) is 2.10. The second kappa shape index (κ2) is 7.23. The Morgan fingerprint density at radius 2 is 2.33 bits per heavy atom. The fraction of sp³-hybridized carbons (Fsp3) is 0.583. The minimum Gasteiger partial charge on any atom is -0.492 e. The molecule has 0 bridgehead atoms. The quantitative estimate of drug-likeness (QED) is 0.697. The van der Waals surface area contributed by atoms with Crippen LogP contribution in [-0.4, -0.2) is 24.7 Å². The van der Waals surface area contributed by atoms with Gasteiger partial charge in [0.2, 0.25) is 0 Å². The Kier molecular flexibility index (Phi) is 5.78. The molecule has 3 nitrogen and oxygen atoms in total. The summed E-state index contributed by atoms with van der Waals surface area (Å²) in [6.45, 7) is 7.25. The third-order valence-corrected chi connectivity index (χ3v) is 1.95. The number of hydrogen-bond donors (Lipinski definition) is 1. The molecule has 1 heterocycles. The van der Waals surface area contributed by atoms with Gasteiger partial charge in [0, 0.05) is 6.20 Å². The Morgan fingerprint density at radius 1 is 1.47 bits per heavy atom. The first-order valence-electron chi connectivity index (χ1n) is 5.52. The van der Waals surface area contributed by atoms with Crippen LogP contribution in [0.5, 0.6) is 5.75 Å². The monoisotopic (exact) mass is 208 g/mol. The van der Waals surface area contributed by atoms with E-state index in [1.54, 1.807) is 12.4 Å². The summed E-state index contributed by atoms with van der Waals surface area (Å²) in [5, 5.41) is 3.38. The Morgan fingerprint density at radius 3 is 3.00 bits per heavy atom. The van der Waals surface area contributed by atoms with Gasteiger partial charge in [0.15, 0.2) is 0 Å². The molecule has 0 spiro atoms. The maximum Gasteiger partial charge on any atom is 0.137 e. The number of aromatic nitrogens is 1. The summed E-state index contributed by atoms with van der Waals surface area (Å²) in [6.07, 6.45) is 4.51. The zero-order valence-corrected chi connectivity index (χ0v) is 9.57. The Labute approximate surface area is 91.9 Å². The van der Waals surface area contributed by atoms with E-state index in [-0.39, 0.29) is 0 Å². The maximum absolute atomic E-state index is 5.51. The number of nitrogens with one attached hydrogen (secondary N) is 1. The van der Waals surface area contributed by atoms with Gasteiger partial charge in [-0.3, -0.25) is 4.98 Å². The van der Waals surface area contributed by atoms with Crippen LogP contribution in [-0.2, 0) is 0 Å². The number of rotatable bonds is 7. The van der Waals surface area contributed by atoms with Crippen molar-refractivity contribution in [2.24, 2.45) is 5.92 Å². The van der Waals surface area contributed by atoms with Crippen LogP contribution in [0.1, 0.15) is 20.3 Å². The summed E-state index contributed by atoms with van der Waals surface area (Å²) in [5.41, 5.74) is 0. The minimum atomic E-state index is 0.712. The molecule has 0 atom stereocenters. The summed E-state index contributed by atoms with van der Waals surface area (Å²) < 4.78 is 5.51. The van der Waals surface area contributed by atoms with Gasteiger partial charge in [-0.15, -0.1) is 0 Å². The molecule has 0 radical (unpaired) electrons. The third kappa shape index (κ3) is 6.07. The van der Waals surface area contributed by atoms with E-state index in [0.29, 0.717) is 5.92 Å². The topological polar surface area (TPSA) is 34.1 Å². The molecule has 1 aromatic heterocycles. The maximum atomic E-state index is 5.51. The van der Waals surface area contributed by atoms with Gasteiger partial charge in [0.05, 0.1) is 12.8 Å². The van der Waals surface area contributed by atoms with Crippen molar-refractivity contribution in [1.82, 2.24) is 10.3 Å². The molecule has 0 amide bonds. The number of pyridine rings is 1. The van der Waals surface area contributed by atoms with Gasteiger partial charge in [-0.25, -0.2) is 0 Å². The van der Waals surface area contributed by atoms with Gasteiger partial charge >= 0.3 is 0 Å². The van der Waals surface area contributed by atoms with E-state index in [4.69, 9.17) is 4.74 Å². The molecule has 0 aliphatic heterocycles. The number of nitrogens with zero attached hydrogens (tertiary/aromatic N) is 1. The SMILES string of the molecule is CC(C)CNCCCOc1cccnc1. The van der Waals surface area contributed by atoms with Crippen LogP contribution in [0.3, 0.4) is 0 Å². The zero-order valence-electron chi connectivity index (χ0n) is 9.57. The van der Waals surface area contributed by atoms with E-state index >= 15 is 0 Å². The van der Waals surface area contributed by atoms with Gasteiger partial charge in [-0.05, 0) is 37.6 Å². The average Bonchev–Trinajstić information content (AvgIpc) is 2.24. The van der Waals surface area contributed by atoms with Crippen LogP contribution in [0.4, 0.5) is 0 Å². The lowest BCUT2D eigenvalue weighted by Gasteiger charge is -2.08. The van der Waals surface area contributed by atoms with E-state index in [9.17, 15) is 0 Å². The zero-order chi connectivity index (χ0) is 10.9. The normalized spacial score (nSPS) is 10.6. The molecule has 0 saturated heterocycles. The molecule has 1 rings (SSSR count). The molecular weight excluding hydrogens is 188 g/mol. The molecule has 0 aliphatic rings. The highest BCUT2D eigenvalue weighted by Gasteiger charge is 1.94. The van der Waals surface area contributed by atoms with Crippen LogP contribution < -0.4 is 10.1 Å². The Bertz CT molecular complexity index is 249. The Balaban J connectivity index is 1.98. The fourth-order valence-corrected chi connectivity index (χ4v) is 1.21. The molecule has 1 N–H and O–H groups in total. The highest BCUT2D eigenvalue weighted by Crippen LogP contribution is 2.05. The van der Waals surface area contributed by atoms with E-state index in [0.717, 1.165) is 31.9 Å². The van der Waals surface area contributed by atoms with E-state index in [1.807, 2.05) is 12.1 Å². The van der Waals surface area contributed by atoms with Crippen molar-refractivity contribution < 1.29 is 4.74 Å². The van der Waals surface area contributed by atoms with Crippen molar-refractivity contribution >= 4 is 0 Å². The molecule has 84 valence electrons. The first-order chi connectivity index (χ1) is 7.29. The van der Waals surface area contributed by atoms with Gasteiger partial charge in [-0.1, -0.05) is 13.8 Å². The van der Waals surface area contributed by atoms with Gasteiger partial charge in [0.1, 0.15) is 5.75 Å². The average molecular weight is 208 g/mol. The van der Waals surface area contributed by atoms with Crippen LogP contribution in [0.25, 0.3) is 0 Å². The molecule has 0 unspecified atom stereocenters. The van der Waals surface area contributed by atoms with Crippen molar-refractivity contribution in [3.05, 3.63) is 24.5 Å². The van der Waals surface area contributed by atoms with Crippen molar-refractivity contribution in [2.45, 2.75) is 20.3 Å². The molecule has 0 saturated carbocycles. The van der Waals surface area contributed by atoms with E-state index in [1.165, 1.54) is 0 Å². The van der Waals surface area contributed by atoms with Crippen LogP contribution in [0.15, 0.2) is 24.5 Å². The summed E-state index contributed by atoms with van der Waals surface area (Å²) in [6, 6.07) is 3.81. The number of hydrogen-bond acceptors (Lipinski definition) is 3. The summed E-state index contributed by atoms with van der Waals surface area (Å²) in [7, 11) is 0. The summed E-state index contributed by atoms with van der Waals surface area (Å²) in [5.74, 6) is 1.56. The smallest absolute Gasteiger partial charge is 0.137 e. The van der Waals surface area contributed by atoms with Gasteiger partial charge < -0.3 is 10.1 Å². The minimum absolute atomic E-state index is 0.712. The first kappa shape index (κ1) is 12.0. The van der Waals surface area contributed by atoms with Gasteiger partial charge in [0.25, 0.3) is 0 Å². The lowest BCUT2D eigenvalue weighted by molar-refractivity contribution is 0.306. The lowest BCUT2D eigenvalue weighted by atomic mass is 10.2. The molecule has 0 aliphatic carbocycles. The molecule has 1 aromatic rings. The Hall–Kier alpha value is -1.09. The largest absolute Gasteiger partial charge is 0.492 e. The van der Waals surface area contributed by atoms with Gasteiger partial charge in [-0.2, -0.15) is 0 Å². The standard InChI is InChI=1S/C12H20N2O/c1-11(2)9-13-7-4-8-15-12-5-3-6-14-10-12/h3,5-6,10-11,13H,4,7-9H2,1-2H3. The van der Waals surface area contributed by atoms with Crippen LogP contribution in [0, 0.1) is 5.92 Å². The highest BCUT2D eigenvalue weighted by atomic mass is 16.5. The fourth-order valence-electron chi connectivity index (χ4n) is 1.21. The lowest BCUT2D eigenvalue weighted by Crippen LogP contribution is -2.22. The van der Waals surface area contributed by atoms with Crippen LogP contribution >= 0.6 is 0 Å². The van der Waals surface area contributed by atoms with E-state index < -0.39 is 0 Å². The summed E-state index contributed by atoms with van der Waals surface area (Å²) >= 11 is 0. The molecule has 15 heavy (non-hydrogen) atoms. The summed E-state index contributed by atoms with van der Waals surface area (Å²) in [4.78, 5) is 3.98. The van der Waals surface area contributed by atoms with Crippen molar-refractivity contribution in [3.63, 3.8) is 0 Å². The van der Waals surface area contributed by atoms with E-state index in [2.05, 4.69) is 24.1 Å². The van der Waals surface area contributed by atoms with Crippen molar-refractivity contribution in [1.29, 1.82) is 0 Å². The van der Waals surface area contributed by atoms with Crippen molar-refractivity contribution in [3.8, 4) is 5.75 Å². The second-order valence-electron chi connectivity index (χ2n) is 3.99. The molecular formula is C12H20N2O. The number of ether oxygens (including phenoxy) is 1. The third-order valence-electron chi connectivity index (χ3n) is 1.95. The first-order valence-corrected chi connectivity index (χ1v) is 5.52. The second-order valence-corrected chi connectivity index (χ2v) is 3.99. The predicted molar refractivity (Wildman–Crippen MR) is 62.1 cm³/mol.